The SMILES string of the molecule is O=C1[C@H]2[C@H](ON(c3ccc(Cl)cc3)[C@H]2c2ccc([N+](=O)[O-])cc2)C(=O)N1c1cccc([N+](=O)[O-])c1. The van der Waals surface area contributed by atoms with Gasteiger partial charge in [-0.15, -0.1) is 0 Å². The van der Waals surface area contributed by atoms with Crippen molar-refractivity contribution in [1.82, 2.24) is 0 Å². The van der Waals surface area contributed by atoms with Crippen LogP contribution in [0.4, 0.5) is 22.7 Å². The number of nitro groups is 2. The average molecular weight is 495 g/mol. The van der Waals surface area contributed by atoms with Crippen LogP contribution in [0.15, 0.2) is 72.8 Å². The minimum atomic E-state index is -1.20. The Morgan fingerprint density at radius 2 is 1.46 bits per heavy atom. The Hall–Kier alpha value is -4.35. The molecule has 2 saturated heterocycles. The number of nitro benzene ring substituents is 2. The maximum Gasteiger partial charge on any atom is 0.271 e. The van der Waals surface area contributed by atoms with E-state index in [4.69, 9.17) is 16.4 Å². The van der Waals surface area contributed by atoms with Gasteiger partial charge >= 0.3 is 0 Å². The summed E-state index contributed by atoms with van der Waals surface area (Å²) in [6, 6.07) is 16.6. The number of nitrogens with zero attached hydrogens (tertiary/aromatic N) is 4. The van der Waals surface area contributed by atoms with Crippen LogP contribution in [0.3, 0.4) is 0 Å². The number of fused-ring (bicyclic) bond motifs is 1. The van der Waals surface area contributed by atoms with E-state index in [0.29, 0.717) is 16.3 Å². The second-order valence-corrected chi connectivity index (χ2v) is 8.37. The van der Waals surface area contributed by atoms with E-state index in [-0.39, 0.29) is 17.1 Å². The third-order valence-corrected chi connectivity index (χ3v) is 6.19. The topological polar surface area (TPSA) is 136 Å². The summed E-state index contributed by atoms with van der Waals surface area (Å²) in [6.45, 7) is 0. The molecule has 3 aromatic carbocycles. The van der Waals surface area contributed by atoms with E-state index < -0.39 is 39.7 Å². The minimum absolute atomic E-state index is 0.0627. The van der Waals surface area contributed by atoms with Crippen molar-refractivity contribution in [3.8, 4) is 0 Å². The lowest BCUT2D eigenvalue weighted by Crippen LogP contribution is -2.37. The number of carbonyl (C=O) groups excluding carboxylic acids is 2. The Kier molecular flexibility index (Phi) is 5.42. The van der Waals surface area contributed by atoms with E-state index >= 15 is 0 Å². The lowest BCUT2D eigenvalue weighted by Gasteiger charge is -2.28. The van der Waals surface area contributed by atoms with Gasteiger partial charge in [0.05, 0.1) is 27.3 Å². The van der Waals surface area contributed by atoms with Gasteiger partial charge in [0.1, 0.15) is 5.92 Å². The van der Waals surface area contributed by atoms with Gasteiger partial charge in [0.25, 0.3) is 17.3 Å². The van der Waals surface area contributed by atoms with Gasteiger partial charge in [-0.25, -0.2) is 9.96 Å². The standard InChI is InChI=1S/C23H15ClN4O7/c24-14-6-10-15(11-7-14)26-20(13-4-8-16(9-5-13)27(31)32)19-21(35-26)23(30)25(22(19)29)17-2-1-3-18(12-17)28(33)34/h1-12,19-21H/t19-,20+,21+/m1/s1. The third-order valence-electron chi connectivity index (χ3n) is 5.94. The molecule has 35 heavy (non-hydrogen) atoms. The number of non-ortho nitro benzene ring substituents is 2. The summed E-state index contributed by atoms with van der Waals surface area (Å²) >= 11 is 6.00. The second kappa shape index (κ2) is 8.46. The fourth-order valence-electron chi connectivity index (χ4n) is 4.36. The van der Waals surface area contributed by atoms with E-state index in [9.17, 15) is 29.8 Å². The zero-order chi connectivity index (χ0) is 24.9. The highest BCUT2D eigenvalue weighted by molar-refractivity contribution is 6.30. The Bertz CT molecular complexity index is 1360. The number of hydrogen-bond donors (Lipinski definition) is 0. The van der Waals surface area contributed by atoms with E-state index in [1.54, 1.807) is 24.3 Å². The summed E-state index contributed by atoms with van der Waals surface area (Å²) in [4.78, 5) is 54.9. The first-order chi connectivity index (χ1) is 16.8. The van der Waals surface area contributed by atoms with Gasteiger partial charge < -0.3 is 0 Å². The van der Waals surface area contributed by atoms with Crippen LogP contribution in [0.25, 0.3) is 0 Å². The van der Waals surface area contributed by atoms with E-state index in [0.717, 1.165) is 11.0 Å². The molecule has 0 aliphatic carbocycles. The number of rotatable bonds is 5. The normalized spacial score (nSPS) is 21.3. The van der Waals surface area contributed by atoms with Crippen LogP contribution in [0, 0.1) is 26.1 Å². The summed E-state index contributed by atoms with van der Waals surface area (Å²) in [5.74, 6) is -2.26. The molecule has 0 bridgehead atoms. The van der Waals surface area contributed by atoms with Crippen LogP contribution >= 0.6 is 11.6 Å². The maximum absolute atomic E-state index is 13.6. The molecular formula is C23H15ClN4O7. The summed E-state index contributed by atoms with van der Waals surface area (Å²) in [7, 11) is 0. The van der Waals surface area contributed by atoms with Crippen LogP contribution in [0.5, 0.6) is 0 Å². The highest BCUT2D eigenvalue weighted by Crippen LogP contribution is 2.48. The van der Waals surface area contributed by atoms with Crippen molar-refractivity contribution < 1.29 is 24.3 Å². The number of amides is 2. The Balaban J connectivity index is 1.57. The molecule has 176 valence electrons. The highest BCUT2D eigenvalue weighted by atomic mass is 35.5. The lowest BCUT2D eigenvalue weighted by atomic mass is 9.90. The minimum Gasteiger partial charge on any atom is -0.273 e. The largest absolute Gasteiger partial charge is 0.273 e. The molecule has 11 nitrogen and oxygen atoms in total. The number of imide groups is 1. The first-order valence-electron chi connectivity index (χ1n) is 10.3. The van der Waals surface area contributed by atoms with Gasteiger partial charge in [-0.1, -0.05) is 29.8 Å². The fraction of sp³-hybridized carbons (Fsp3) is 0.130. The van der Waals surface area contributed by atoms with Gasteiger partial charge in [0.2, 0.25) is 5.91 Å². The van der Waals surface area contributed by atoms with Gasteiger partial charge in [-0.2, -0.15) is 0 Å². The van der Waals surface area contributed by atoms with E-state index in [2.05, 4.69) is 0 Å². The van der Waals surface area contributed by atoms with Gasteiger partial charge in [0, 0.05) is 29.3 Å². The molecule has 12 heteroatoms. The molecule has 0 saturated carbocycles. The van der Waals surface area contributed by atoms with Crippen LogP contribution < -0.4 is 9.96 Å². The van der Waals surface area contributed by atoms with Crippen molar-refractivity contribution in [3.63, 3.8) is 0 Å². The number of carbonyl (C=O) groups is 2. The first-order valence-corrected chi connectivity index (χ1v) is 10.7. The molecule has 0 radical (unpaired) electrons. The van der Waals surface area contributed by atoms with Crippen molar-refractivity contribution in [1.29, 1.82) is 0 Å². The van der Waals surface area contributed by atoms with E-state index in [1.807, 2.05) is 0 Å². The first kappa shape index (κ1) is 22.4. The Labute approximate surface area is 202 Å². The molecular weight excluding hydrogens is 480 g/mol. The molecule has 2 aliphatic rings. The van der Waals surface area contributed by atoms with Gasteiger partial charge in [-0.05, 0) is 35.9 Å². The zero-order valence-corrected chi connectivity index (χ0v) is 18.4. The number of hydroxylamine groups is 1. The molecule has 5 rings (SSSR count). The predicted molar refractivity (Wildman–Crippen MR) is 124 cm³/mol. The third kappa shape index (κ3) is 3.76. The molecule has 3 aromatic rings. The lowest BCUT2D eigenvalue weighted by molar-refractivity contribution is -0.385. The summed E-state index contributed by atoms with van der Waals surface area (Å²) in [5, 5.41) is 24.2. The van der Waals surface area contributed by atoms with Crippen molar-refractivity contribution in [2.75, 3.05) is 9.96 Å². The molecule has 2 aliphatic heterocycles. The van der Waals surface area contributed by atoms with Crippen LogP contribution in [-0.4, -0.2) is 27.8 Å². The number of hydrogen-bond acceptors (Lipinski definition) is 8. The van der Waals surface area contributed by atoms with Crippen LogP contribution in [-0.2, 0) is 14.4 Å². The van der Waals surface area contributed by atoms with Crippen LogP contribution in [0.2, 0.25) is 5.02 Å². The van der Waals surface area contributed by atoms with Crippen molar-refractivity contribution in [3.05, 3.63) is 104 Å². The molecule has 0 unspecified atom stereocenters. The Morgan fingerprint density at radius 3 is 2.09 bits per heavy atom. The summed E-state index contributed by atoms with van der Waals surface area (Å²) < 4.78 is 0. The quantitative estimate of drug-likeness (QED) is 0.292. The Morgan fingerprint density at radius 1 is 0.800 bits per heavy atom. The molecule has 2 fully saturated rings. The molecule has 0 spiro atoms. The summed E-state index contributed by atoms with van der Waals surface area (Å²) in [6.07, 6.45) is -1.20. The maximum atomic E-state index is 13.6. The molecule has 0 aromatic heterocycles. The molecule has 3 atom stereocenters. The smallest absolute Gasteiger partial charge is 0.271 e. The fourth-order valence-corrected chi connectivity index (χ4v) is 4.48. The number of halogens is 1. The second-order valence-electron chi connectivity index (χ2n) is 7.94. The predicted octanol–water partition coefficient (Wildman–Crippen LogP) is 4.21. The molecule has 2 amide bonds. The number of anilines is 2. The van der Waals surface area contributed by atoms with Crippen molar-refractivity contribution >= 4 is 46.2 Å². The molecule has 2 heterocycles. The van der Waals surface area contributed by atoms with Gasteiger partial charge in [0.15, 0.2) is 6.10 Å². The number of benzene rings is 3. The van der Waals surface area contributed by atoms with Crippen molar-refractivity contribution in [2.24, 2.45) is 5.92 Å². The highest BCUT2D eigenvalue weighted by Gasteiger charge is 2.60. The zero-order valence-electron chi connectivity index (χ0n) is 17.7. The van der Waals surface area contributed by atoms with Gasteiger partial charge in [-0.3, -0.25) is 34.7 Å². The molecule has 0 N–H and O–H groups in total. The van der Waals surface area contributed by atoms with Crippen LogP contribution in [0.1, 0.15) is 11.6 Å². The van der Waals surface area contributed by atoms with E-state index in [1.165, 1.54) is 47.5 Å². The monoisotopic (exact) mass is 494 g/mol. The average Bonchev–Trinajstić information content (AvgIpc) is 3.35. The van der Waals surface area contributed by atoms with Crippen molar-refractivity contribution in [2.45, 2.75) is 12.1 Å². The summed E-state index contributed by atoms with van der Waals surface area (Å²) in [5.41, 5.74) is 0.701.